The SMILES string of the molecule is CC(NC(=O)C(Cc1c[nH]c2ccccc12)NC(=O)C(N)Cc1cnc[nH]1)C(=O)NC(CCCCN)C(=O)O. The number of nitrogens with zero attached hydrogens (tertiary/aromatic N) is 1. The molecule has 3 rings (SSSR count). The van der Waals surface area contributed by atoms with Crippen molar-refractivity contribution >= 4 is 34.6 Å². The number of rotatable bonds is 15. The van der Waals surface area contributed by atoms with Crippen LogP contribution >= 0.6 is 0 Å². The van der Waals surface area contributed by atoms with Gasteiger partial charge in [-0.3, -0.25) is 14.4 Å². The van der Waals surface area contributed by atoms with Crippen molar-refractivity contribution in [1.29, 1.82) is 0 Å². The smallest absolute Gasteiger partial charge is 0.326 e. The van der Waals surface area contributed by atoms with Crippen LogP contribution in [0.4, 0.5) is 0 Å². The zero-order valence-corrected chi connectivity index (χ0v) is 21.8. The minimum Gasteiger partial charge on any atom is -0.480 e. The van der Waals surface area contributed by atoms with Gasteiger partial charge in [0.15, 0.2) is 0 Å². The van der Waals surface area contributed by atoms with Crippen LogP contribution in [0.3, 0.4) is 0 Å². The molecular formula is C26H36N8O5. The highest BCUT2D eigenvalue weighted by Crippen LogP contribution is 2.19. The maximum Gasteiger partial charge on any atom is 0.326 e. The number of aromatic nitrogens is 3. The van der Waals surface area contributed by atoms with E-state index in [4.69, 9.17) is 11.5 Å². The predicted octanol–water partition coefficient (Wildman–Crippen LogP) is -0.309. The Labute approximate surface area is 225 Å². The number of carboxylic acid groups (broad SMARTS) is 1. The second-order valence-electron chi connectivity index (χ2n) is 9.43. The molecule has 4 unspecified atom stereocenters. The summed E-state index contributed by atoms with van der Waals surface area (Å²) >= 11 is 0. The fraction of sp³-hybridized carbons (Fsp3) is 0.423. The number of para-hydroxylation sites is 1. The molecule has 0 aliphatic heterocycles. The maximum atomic E-state index is 13.3. The molecule has 0 saturated heterocycles. The fourth-order valence-electron chi connectivity index (χ4n) is 4.16. The van der Waals surface area contributed by atoms with Crippen LogP contribution in [0.25, 0.3) is 10.9 Å². The summed E-state index contributed by atoms with van der Waals surface area (Å²) in [5, 5.41) is 18.1. The van der Waals surface area contributed by atoms with Gasteiger partial charge in [-0.15, -0.1) is 0 Å². The molecule has 0 saturated carbocycles. The number of carbonyl (C=O) groups excluding carboxylic acids is 3. The van der Waals surface area contributed by atoms with E-state index in [-0.39, 0.29) is 19.3 Å². The highest BCUT2D eigenvalue weighted by atomic mass is 16.4. The zero-order chi connectivity index (χ0) is 28.4. The molecule has 0 aliphatic rings. The fourth-order valence-corrected chi connectivity index (χ4v) is 4.16. The quantitative estimate of drug-likeness (QED) is 0.119. The van der Waals surface area contributed by atoms with E-state index < -0.39 is 47.9 Å². The molecule has 39 heavy (non-hydrogen) atoms. The van der Waals surface area contributed by atoms with Crippen LogP contribution in [0.5, 0.6) is 0 Å². The number of aromatic amines is 2. The summed E-state index contributed by atoms with van der Waals surface area (Å²) in [5.74, 6) is -2.99. The molecule has 210 valence electrons. The number of unbranched alkanes of at least 4 members (excludes halogenated alkanes) is 1. The van der Waals surface area contributed by atoms with E-state index >= 15 is 0 Å². The molecule has 13 nitrogen and oxygen atoms in total. The first-order chi connectivity index (χ1) is 18.7. The Morgan fingerprint density at radius 1 is 0.974 bits per heavy atom. The lowest BCUT2D eigenvalue weighted by molar-refractivity contribution is -0.142. The number of carboxylic acids is 1. The monoisotopic (exact) mass is 540 g/mol. The van der Waals surface area contributed by atoms with Crippen LogP contribution in [0.1, 0.15) is 37.4 Å². The van der Waals surface area contributed by atoms with Crippen molar-refractivity contribution in [1.82, 2.24) is 30.9 Å². The van der Waals surface area contributed by atoms with Gasteiger partial charge >= 0.3 is 5.97 Å². The number of fused-ring (bicyclic) bond motifs is 1. The summed E-state index contributed by atoms with van der Waals surface area (Å²) < 4.78 is 0. The Bertz CT molecular complexity index is 1260. The van der Waals surface area contributed by atoms with Crippen molar-refractivity contribution in [2.45, 2.75) is 63.2 Å². The van der Waals surface area contributed by atoms with Gasteiger partial charge in [0.1, 0.15) is 18.1 Å². The first-order valence-electron chi connectivity index (χ1n) is 12.8. The van der Waals surface area contributed by atoms with Crippen molar-refractivity contribution in [2.75, 3.05) is 6.54 Å². The molecule has 0 aliphatic carbocycles. The van der Waals surface area contributed by atoms with Crippen LogP contribution in [0.2, 0.25) is 0 Å². The van der Waals surface area contributed by atoms with Gasteiger partial charge in [-0.1, -0.05) is 18.2 Å². The molecular weight excluding hydrogens is 504 g/mol. The van der Waals surface area contributed by atoms with Crippen molar-refractivity contribution in [3.05, 3.63) is 54.2 Å². The van der Waals surface area contributed by atoms with E-state index in [0.717, 1.165) is 16.5 Å². The number of H-pyrrole nitrogens is 2. The van der Waals surface area contributed by atoms with Crippen LogP contribution in [-0.2, 0) is 32.0 Å². The van der Waals surface area contributed by atoms with Gasteiger partial charge < -0.3 is 42.5 Å². The number of carbonyl (C=O) groups is 4. The van der Waals surface area contributed by atoms with E-state index in [9.17, 15) is 24.3 Å². The Kier molecular flexibility index (Phi) is 10.6. The van der Waals surface area contributed by atoms with Gasteiger partial charge in [0.2, 0.25) is 17.7 Å². The number of imidazole rings is 1. The van der Waals surface area contributed by atoms with Crippen molar-refractivity contribution < 1.29 is 24.3 Å². The minimum absolute atomic E-state index is 0.129. The van der Waals surface area contributed by atoms with Crippen molar-refractivity contribution in [3.8, 4) is 0 Å². The molecule has 2 aromatic heterocycles. The van der Waals surface area contributed by atoms with Gasteiger partial charge in [-0.2, -0.15) is 0 Å². The van der Waals surface area contributed by atoms with E-state index in [1.165, 1.54) is 13.3 Å². The standard InChI is InChI=1S/C26H36N8O5/c1-15(23(35)33-21(26(38)39)8-4-5-9-27)32-25(37)22(10-16-12-30-20-7-3-2-6-18(16)20)34-24(36)19(28)11-17-13-29-14-31-17/h2-3,6-7,12-15,19,21-22,30H,4-5,8-11,27-28H2,1H3,(H,29,31)(H,32,37)(H,33,35)(H,34,36)(H,38,39). The summed E-state index contributed by atoms with van der Waals surface area (Å²) in [6.45, 7) is 1.86. The molecule has 0 radical (unpaired) electrons. The number of nitrogens with one attached hydrogen (secondary N) is 5. The Morgan fingerprint density at radius 3 is 2.41 bits per heavy atom. The number of hydrogen-bond donors (Lipinski definition) is 8. The third kappa shape index (κ3) is 8.38. The lowest BCUT2D eigenvalue weighted by atomic mass is 10.0. The summed E-state index contributed by atoms with van der Waals surface area (Å²) in [4.78, 5) is 60.5. The molecule has 3 amide bonds. The molecule has 0 spiro atoms. The molecule has 0 fully saturated rings. The van der Waals surface area contributed by atoms with E-state index in [1.807, 2.05) is 24.3 Å². The van der Waals surface area contributed by atoms with Crippen molar-refractivity contribution in [3.63, 3.8) is 0 Å². The van der Waals surface area contributed by atoms with E-state index in [1.54, 1.807) is 12.4 Å². The van der Waals surface area contributed by atoms with Crippen molar-refractivity contribution in [2.24, 2.45) is 11.5 Å². The minimum atomic E-state index is -1.17. The van der Waals surface area contributed by atoms with Gasteiger partial charge in [-0.05, 0) is 44.4 Å². The topological polar surface area (TPSA) is 221 Å². The van der Waals surface area contributed by atoms with Crippen LogP contribution < -0.4 is 27.4 Å². The Morgan fingerprint density at radius 2 is 1.72 bits per heavy atom. The van der Waals surface area contributed by atoms with E-state index in [2.05, 4.69) is 30.9 Å². The van der Waals surface area contributed by atoms with Gasteiger partial charge in [0, 0.05) is 41.8 Å². The molecule has 10 N–H and O–H groups in total. The number of hydrogen-bond acceptors (Lipinski definition) is 7. The normalized spacial score (nSPS) is 14.2. The number of amides is 3. The average Bonchev–Trinajstić information content (AvgIpc) is 3.57. The van der Waals surface area contributed by atoms with Gasteiger partial charge in [-0.25, -0.2) is 9.78 Å². The van der Waals surface area contributed by atoms with Crippen LogP contribution in [0.15, 0.2) is 43.0 Å². The van der Waals surface area contributed by atoms with Crippen LogP contribution in [0, 0.1) is 0 Å². The lowest BCUT2D eigenvalue weighted by Gasteiger charge is -2.23. The molecule has 2 heterocycles. The second kappa shape index (κ2) is 14.1. The summed E-state index contributed by atoms with van der Waals surface area (Å²) in [5.41, 5.74) is 13.9. The molecule has 13 heteroatoms. The molecule has 4 atom stereocenters. The largest absolute Gasteiger partial charge is 0.480 e. The highest BCUT2D eigenvalue weighted by Gasteiger charge is 2.29. The Balaban J connectivity index is 1.71. The predicted molar refractivity (Wildman–Crippen MR) is 144 cm³/mol. The first kappa shape index (κ1) is 29.3. The molecule has 1 aromatic carbocycles. The van der Waals surface area contributed by atoms with Crippen LogP contribution in [-0.4, -0.2) is 74.5 Å². The average molecular weight is 541 g/mol. The lowest BCUT2D eigenvalue weighted by Crippen LogP contribution is -2.57. The maximum absolute atomic E-state index is 13.3. The van der Waals surface area contributed by atoms with Gasteiger partial charge in [0.25, 0.3) is 0 Å². The third-order valence-electron chi connectivity index (χ3n) is 6.38. The highest BCUT2D eigenvalue weighted by molar-refractivity contribution is 5.94. The zero-order valence-electron chi connectivity index (χ0n) is 21.8. The van der Waals surface area contributed by atoms with Gasteiger partial charge in [0.05, 0.1) is 12.4 Å². The van der Waals surface area contributed by atoms with E-state index in [0.29, 0.717) is 25.1 Å². The Hall–Kier alpha value is -4.23. The second-order valence-corrected chi connectivity index (χ2v) is 9.43. The number of nitrogens with two attached hydrogens (primary N) is 2. The summed E-state index contributed by atoms with van der Waals surface area (Å²) in [7, 11) is 0. The number of benzene rings is 1. The molecule has 3 aromatic rings. The number of aliphatic carboxylic acids is 1. The molecule has 0 bridgehead atoms. The summed E-state index contributed by atoms with van der Waals surface area (Å²) in [6.07, 6.45) is 6.49. The first-order valence-corrected chi connectivity index (χ1v) is 12.8. The third-order valence-corrected chi connectivity index (χ3v) is 6.38. The summed E-state index contributed by atoms with van der Waals surface area (Å²) in [6, 6.07) is 3.37.